The molecule has 0 radical (unpaired) electrons. The summed E-state index contributed by atoms with van der Waals surface area (Å²) in [6, 6.07) is 10.2. The second-order valence-corrected chi connectivity index (χ2v) is 17.5. The number of ether oxygens (including phenoxy) is 5. The van der Waals surface area contributed by atoms with E-state index >= 15 is 0 Å². The first-order valence-corrected chi connectivity index (χ1v) is 19.7. The molecule has 61 heavy (non-hydrogen) atoms. The maximum absolute atomic E-state index is 14.9. The van der Waals surface area contributed by atoms with Crippen LogP contribution in [0.4, 0.5) is 18.0 Å². The highest BCUT2D eigenvalue weighted by molar-refractivity contribution is 5.94. The zero-order chi connectivity index (χ0) is 45.2. The van der Waals surface area contributed by atoms with Gasteiger partial charge in [0.1, 0.15) is 35.8 Å². The third kappa shape index (κ3) is 7.59. The second kappa shape index (κ2) is 16.1. The molecule has 1 aliphatic heterocycles. The normalized spacial score (nSPS) is 32.7. The number of benzene rings is 2. The van der Waals surface area contributed by atoms with Gasteiger partial charge >= 0.3 is 24.0 Å². The Hall–Kier alpha value is -4.88. The molecule has 2 aromatic carbocycles. The topological polar surface area (TPSA) is 224 Å². The third-order valence-corrected chi connectivity index (χ3v) is 13.1. The molecule has 15 nitrogen and oxygen atoms in total. The molecule has 18 heteroatoms. The van der Waals surface area contributed by atoms with E-state index in [9.17, 15) is 57.6 Å². The lowest BCUT2D eigenvalue weighted by Crippen LogP contribution is -2.81. The van der Waals surface area contributed by atoms with E-state index in [1.807, 2.05) is 0 Å². The molecule has 2 bridgehead atoms. The lowest BCUT2D eigenvalue weighted by molar-refractivity contribution is -0.346. The molecule has 6 rings (SSSR count). The number of alkyl halides is 2. The summed E-state index contributed by atoms with van der Waals surface area (Å²) < 4.78 is 70.3. The van der Waals surface area contributed by atoms with Crippen LogP contribution < -0.4 is 5.32 Å². The molecule has 11 atom stereocenters. The molecule has 1 saturated heterocycles. The van der Waals surface area contributed by atoms with Crippen molar-refractivity contribution >= 4 is 29.8 Å². The number of hydrogen-bond donors (Lipinski definition) is 5. The first kappa shape index (κ1) is 45.6. The summed E-state index contributed by atoms with van der Waals surface area (Å²) in [6.45, 7) is 8.18. The Kier molecular flexibility index (Phi) is 12.1. The fourth-order valence-electron chi connectivity index (χ4n) is 9.61. The van der Waals surface area contributed by atoms with Gasteiger partial charge in [0.05, 0.1) is 35.6 Å². The second-order valence-electron chi connectivity index (χ2n) is 17.5. The van der Waals surface area contributed by atoms with Crippen LogP contribution in [0.3, 0.4) is 0 Å². The number of carbonyl (C=O) groups excluding carboxylic acids is 5. The highest BCUT2D eigenvalue weighted by Gasteiger charge is 2.78. The molecular weight excluding hydrogens is 811 g/mol. The molecule has 0 spiro atoms. The van der Waals surface area contributed by atoms with Crippen molar-refractivity contribution in [2.75, 3.05) is 6.61 Å². The lowest BCUT2D eigenvalue weighted by atomic mass is 9.44. The minimum atomic E-state index is -3.10. The minimum absolute atomic E-state index is 0.0282. The Morgan fingerprint density at radius 1 is 1.00 bits per heavy atom. The molecule has 1 amide bonds. The van der Waals surface area contributed by atoms with Gasteiger partial charge in [0.15, 0.2) is 23.1 Å². The minimum Gasteiger partial charge on any atom is -0.456 e. The van der Waals surface area contributed by atoms with E-state index < -0.39 is 131 Å². The molecule has 2 saturated carbocycles. The molecule has 332 valence electrons. The number of ketones is 1. The average molecular weight is 862 g/mol. The zero-order valence-electron chi connectivity index (χ0n) is 34.5. The van der Waals surface area contributed by atoms with Crippen LogP contribution in [0, 0.1) is 22.6 Å². The molecule has 5 N–H and O–H groups in total. The fourth-order valence-corrected chi connectivity index (χ4v) is 9.61. The maximum Gasteiger partial charge on any atom is 0.408 e. The smallest absolute Gasteiger partial charge is 0.408 e. The molecule has 4 aliphatic rings. The molecule has 3 fully saturated rings. The van der Waals surface area contributed by atoms with Crippen LogP contribution in [0.15, 0.2) is 65.7 Å². The Morgan fingerprint density at radius 2 is 1.66 bits per heavy atom. The van der Waals surface area contributed by atoms with Crippen molar-refractivity contribution in [1.29, 1.82) is 0 Å². The van der Waals surface area contributed by atoms with Crippen molar-refractivity contribution in [3.05, 3.63) is 82.7 Å². The number of fused-ring (bicyclic) bond motifs is 5. The number of amides is 1. The van der Waals surface area contributed by atoms with Crippen LogP contribution in [-0.2, 0) is 38.1 Å². The van der Waals surface area contributed by atoms with Crippen LogP contribution in [0.1, 0.15) is 83.3 Å². The predicted octanol–water partition coefficient (Wildman–Crippen LogP) is 3.64. The predicted molar refractivity (Wildman–Crippen MR) is 204 cm³/mol. The Bertz CT molecular complexity index is 2110. The Labute approximate surface area is 349 Å². The van der Waals surface area contributed by atoms with Crippen LogP contribution in [0.5, 0.6) is 0 Å². The van der Waals surface area contributed by atoms with Crippen LogP contribution >= 0.6 is 0 Å². The van der Waals surface area contributed by atoms with Gasteiger partial charge in [-0.1, -0.05) is 50.2 Å². The summed E-state index contributed by atoms with van der Waals surface area (Å²) in [5.74, 6) is -7.00. The number of aliphatic hydroxyl groups is 4. The number of rotatable bonds is 10. The number of nitrogens with one attached hydrogen (secondary N) is 1. The van der Waals surface area contributed by atoms with E-state index in [1.54, 1.807) is 6.07 Å². The maximum atomic E-state index is 14.9. The van der Waals surface area contributed by atoms with E-state index in [4.69, 9.17) is 23.7 Å². The van der Waals surface area contributed by atoms with Gasteiger partial charge in [0.2, 0.25) is 0 Å². The highest BCUT2D eigenvalue weighted by atomic mass is 19.3. The Balaban J connectivity index is 1.48. The quantitative estimate of drug-likeness (QED) is 0.131. The van der Waals surface area contributed by atoms with E-state index in [0.29, 0.717) is 0 Å². The van der Waals surface area contributed by atoms with Gasteiger partial charge in [-0.2, -0.15) is 0 Å². The van der Waals surface area contributed by atoms with Gasteiger partial charge < -0.3 is 49.4 Å². The van der Waals surface area contributed by atoms with Gasteiger partial charge in [-0.15, -0.1) is 0 Å². The van der Waals surface area contributed by atoms with E-state index in [1.165, 1.54) is 64.1 Å². The van der Waals surface area contributed by atoms with Crippen LogP contribution in [0.25, 0.3) is 0 Å². The van der Waals surface area contributed by atoms with Crippen LogP contribution in [0.2, 0.25) is 0 Å². The first-order chi connectivity index (χ1) is 28.3. The summed E-state index contributed by atoms with van der Waals surface area (Å²) in [5, 5.41) is 51.1. The van der Waals surface area contributed by atoms with E-state index in [-0.39, 0.29) is 28.7 Å². The number of alkyl carbamates (subject to hydrolysis) is 1. The molecule has 0 aromatic heterocycles. The van der Waals surface area contributed by atoms with Crippen molar-refractivity contribution in [3.8, 4) is 0 Å². The number of halogens is 3. The number of hydrogen-bond acceptors (Lipinski definition) is 14. The number of carbonyl (C=O) groups is 5. The van der Waals surface area contributed by atoms with Crippen LogP contribution in [-0.4, -0.2) is 117 Å². The summed E-state index contributed by atoms with van der Waals surface area (Å²) in [6.07, 6.45) is -16.2. The third-order valence-electron chi connectivity index (χ3n) is 13.1. The monoisotopic (exact) mass is 861 g/mol. The van der Waals surface area contributed by atoms with Crippen molar-refractivity contribution in [1.82, 2.24) is 5.32 Å². The molecule has 2 aromatic rings. The average Bonchev–Trinajstić information content (AvgIpc) is 3.18. The van der Waals surface area contributed by atoms with Crippen molar-refractivity contribution in [3.63, 3.8) is 0 Å². The molecular formula is C43H50F3NO14. The molecule has 0 unspecified atom stereocenters. The lowest BCUT2D eigenvalue weighted by Gasteiger charge is -2.67. The highest BCUT2D eigenvalue weighted by Crippen LogP contribution is 2.64. The standard InChI is InChI=1S/C43H50F3NO14/c1-20-25(58-36(54)31(51)29(22-12-9-8-10-13-22)47-38(55)61-40(5,6)37(45)46)18-43(56)34(59-35(53)23-14-11-15-24(44)16-23)32-41(7,33(52)30(50)28(20)39(43,3)4)26(49)17-27-42(32,19-57-27)60-21(2)48/h8-16,25-27,29-32,34,37,49-51,56H,17-19H2,1-7H3,(H,47,55)/t25-,26-,27+,29+,30+,31+,32-,34-,41+,42-,43+/m0/s1. The van der Waals surface area contributed by atoms with Gasteiger partial charge in [0.25, 0.3) is 6.43 Å². The van der Waals surface area contributed by atoms with Gasteiger partial charge in [0, 0.05) is 25.2 Å². The fraction of sp³-hybridized carbons (Fsp3) is 0.558. The summed E-state index contributed by atoms with van der Waals surface area (Å²) in [4.78, 5) is 68.8. The SMILES string of the molecule is CC(=O)O[C@@]12CO[C@@H]1C[C@H](O)[C@@]1(C)C(=O)[C@H](O)C3=C(C)[C@@H](OC(=O)[C@H](O)[C@H](NC(=O)OC(C)(C)C(F)F)c4ccccc4)C[C@@](O)([C@@H](OC(=O)c4cccc(F)c4)[C@H]21)C3(C)C. The molecule has 1 heterocycles. The van der Waals surface area contributed by atoms with Gasteiger partial charge in [-0.05, 0) is 62.6 Å². The van der Waals surface area contributed by atoms with Crippen molar-refractivity contribution in [2.24, 2.45) is 16.7 Å². The number of Topliss-reactive ketones (excluding diaryl/α,β-unsaturated/α-hetero) is 1. The van der Waals surface area contributed by atoms with Gasteiger partial charge in [-0.3, -0.25) is 9.59 Å². The summed E-state index contributed by atoms with van der Waals surface area (Å²) in [5.41, 5.74) is -10.9. The van der Waals surface area contributed by atoms with Crippen molar-refractivity contribution < 1.29 is 81.3 Å². The van der Waals surface area contributed by atoms with E-state index in [0.717, 1.165) is 32.9 Å². The summed E-state index contributed by atoms with van der Waals surface area (Å²) >= 11 is 0. The number of esters is 3. The number of aliphatic hydroxyl groups excluding tert-OH is 3. The Morgan fingerprint density at radius 3 is 2.23 bits per heavy atom. The van der Waals surface area contributed by atoms with Gasteiger partial charge in [-0.25, -0.2) is 27.6 Å². The largest absolute Gasteiger partial charge is 0.456 e. The van der Waals surface area contributed by atoms with Crippen molar-refractivity contribution in [2.45, 2.75) is 127 Å². The first-order valence-electron chi connectivity index (χ1n) is 19.7. The van der Waals surface area contributed by atoms with E-state index in [2.05, 4.69) is 5.32 Å². The molecule has 3 aliphatic carbocycles. The summed E-state index contributed by atoms with van der Waals surface area (Å²) in [7, 11) is 0. The zero-order valence-corrected chi connectivity index (χ0v) is 34.5.